The monoisotopic (exact) mass is 471 g/mol. The van der Waals surface area contributed by atoms with E-state index in [2.05, 4.69) is 20.6 Å². The van der Waals surface area contributed by atoms with Gasteiger partial charge in [-0.2, -0.15) is 0 Å². The first kappa shape index (κ1) is 25.3. The van der Waals surface area contributed by atoms with Gasteiger partial charge in [0.05, 0.1) is 17.7 Å². The number of rotatable bonds is 9. The summed E-state index contributed by atoms with van der Waals surface area (Å²) in [6, 6.07) is -2.26. The van der Waals surface area contributed by atoms with E-state index in [1.807, 2.05) is 0 Å². The fourth-order valence-corrected chi connectivity index (χ4v) is 4.60. The van der Waals surface area contributed by atoms with Crippen molar-refractivity contribution in [1.29, 1.82) is 5.41 Å². The number of nitrogens with one attached hydrogen (secondary N) is 4. The molecule has 0 saturated heterocycles. The molecule has 2 heterocycles. The number of nitrogens with zero attached hydrogens (tertiary/aromatic N) is 2. The van der Waals surface area contributed by atoms with E-state index in [4.69, 9.17) is 15.9 Å². The van der Waals surface area contributed by atoms with Crippen LogP contribution in [-0.2, 0) is 31.9 Å². The van der Waals surface area contributed by atoms with Gasteiger partial charge in [0.2, 0.25) is 13.9 Å². The Bertz CT molecular complexity index is 897. The van der Waals surface area contributed by atoms with Crippen LogP contribution in [0.15, 0.2) is 6.33 Å². The number of aromatic amines is 1. The molecule has 1 aliphatic rings. The Balaban J connectivity index is 2.15. The molecule has 2 rings (SSSR count). The molecule has 3 atom stereocenters. The second-order valence-corrected chi connectivity index (χ2v) is 9.96. The summed E-state index contributed by atoms with van der Waals surface area (Å²) in [7, 11) is -3.18. The Morgan fingerprint density at radius 3 is 2.75 bits per heavy atom. The fourth-order valence-electron chi connectivity index (χ4n) is 3.18. The van der Waals surface area contributed by atoms with Gasteiger partial charge in [-0.25, -0.2) is 19.2 Å². The molecule has 1 aliphatic heterocycles. The first-order valence-electron chi connectivity index (χ1n) is 10.0. The molecule has 0 aliphatic carbocycles. The van der Waals surface area contributed by atoms with E-state index in [1.54, 1.807) is 20.8 Å². The number of imidazole rings is 1. The van der Waals surface area contributed by atoms with Crippen LogP contribution < -0.4 is 16.4 Å². The highest BCUT2D eigenvalue weighted by Gasteiger charge is 2.40. The van der Waals surface area contributed by atoms with Crippen LogP contribution in [0.2, 0.25) is 0 Å². The van der Waals surface area contributed by atoms with Gasteiger partial charge in [0, 0.05) is 19.5 Å². The van der Waals surface area contributed by atoms with Crippen molar-refractivity contribution >= 4 is 31.5 Å². The number of guanidine groups is 1. The van der Waals surface area contributed by atoms with Crippen LogP contribution in [0, 0.1) is 5.41 Å². The number of ether oxygens (including phenoxy) is 1. The first-order valence-corrected chi connectivity index (χ1v) is 11.4. The minimum Gasteiger partial charge on any atom is -0.480 e. The molecule has 1 unspecified atom stereocenters. The maximum atomic E-state index is 13.0. The van der Waals surface area contributed by atoms with E-state index < -0.39 is 43.2 Å². The molecule has 7 N–H and O–H groups in total. The van der Waals surface area contributed by atoms with Crippen molar-refractivity contribution in [3.8, 4) is 0 Å². The first-order chi connectivity index (χ1) is 14.9. The third-order valence-corrected chi connectivity index (χ3v) is 6.08. The molecule has 1 amide bonds. The predicted octanol–water partition coefficient (Wildman–Crippen LogP) is 0.379. The van der Waals surface area contributed by atoms with Crippen LogP contribution in [0.1, 0.15) is 45.0 Å². The van der Waals surface area contributed by atoms with Crippen LogP contribution in [-0.4, -0.2) is 67.5 Å². The molecule has 0 radical (unpaired) electrons. The van der Waals surface area contributed by atoms with Crippen molar-refractivity contribution in [3.05, 3.63) is 17.7 Å². The van der Waals surface area contributed by atoms with E-state index in [9.17, 15) is 24.1 Å². The lowest BCUT2D eigenvalue weighted by Crippen LogP contribution is -2.52. The van der Waals surface area contributed by atoms with Crippen LogP contribution in [0.3, 0.4) is 0 Å². The molecule has 13 nitrogen and oxygen atoms in total. The molecule has 1 aromatic heterocycles. The summed E-state index contributed by atoms with van der Waals surface area (Å²) in [5, 5.41) is 21.6. The normalized spacial score (nSPS) is 18.2. The second-order valence-electron chi connectivity index (χ2n) is 8.36. The van der Waals surface area contributed by atoms with E-state index in [0.29, 0.717) is 17.8 Å². The third kappa shape index (κ3) is 7.06. The van der Waals surface area contributed by atoms with Crippen molar-refractivity contribution in [2.45, 2.75) is 64.3 Å². The van der Waals surface area contributed by atoms with E-state index in [1.165, 1.54) is 11.0 Å². The Kier molecular flexibility index (Phi) is 8.39. The standard InChI is InChI=1S/C18H30N7O6P/c1-18(2,3)31-17(29)32(30)25-8-12-11(22-9-23-12)7-13(25)14(26)24-10(15(27)28)5-4-6-21-16(19)20/h9-10,13,32H,4-8H2,1-3H3,(H,22,23)(H,24,26)(H,27,28)(H4,19,20,21)/t10-,13-/m0/s1. The van der Waals surface area contributed by atoms with Crippen molar-refractivity contribution < 1.29 is 28.8 Å². The van der Waals surface area contributed by atoms with Gasteiger partial charge in [-0.05, 0) is 33.6 Å². The van der Waals surface area contributed by atoms with Gasteiger partial charge in [0.15, 0.2) is 5.96 Å². The van der Waals surface area contributed by atoms with Crippen LogP contribution in [0.5, 0.6) is 0 Å². The average molecular weight is 471 g/mol. The van der Waals surface area contributed by atoms with Gasteiger partial charge in [0.1, 0.15) is 17.7 Å². The molecule has 0 aromatic carbocycles. The number of aliphatic carboxylic acids is 1. The Morgan fingerprint density at radius 2 is 2.16 bits per heavy atom. The topological polar surface area (TPSA) is 204 Å². The summed E-state index contributed by atoms with van der Waals surface area (Å²) < 4.78 is 19.4. The number of fused-ring (bicyclic) bond motifs is 1. The smallest absolute Gasteiger partial charge is 0.376 e. The number of carbonyl (C=O) groups is 3. The minimum absolute atomic E-state index is 0.00469. The number of carboxylic acids is 1. The predicted molar refractivity (Wildman–Crippen MR) is 116 cm³/mol. The summed E-state index contributed by atoms with van der Waals surface area (Å²) in [5.41, 5.74) is 4.62. The molecular weight excluding hydrogens is 441 g/mol. The van der Waals surface area contributed by atoms with Crippen LogP contribution in [0.25, 0.3) is 0 Å². The Hall–Kier alpha value is -2.92. The maximum absolute atomic E-state index is 13.0. The summed E-state index contributed by atoms with van der Waals surface area (Å²) in [6.07, 6.45) is 1.92. The third-order valence-electron chi connectivity index (χ3n) is 4.64. The SMILES string of the molecule is CC(C)(C)OC(=O)[PH](=O)N1Cc2[nH]cnc2C[C@H]1C(=O)N[C@@H](CCCNC(=N)N)C(=O)O. The number of carboxylic acid groups (broad SMARTS) is 1. The maximum Gasteiger partial charge on any atom is 0.376 e. The Morgan fingerprint density at radius 1 is 1.47 bits per heavy atom. The molecule has 1 aromatic rings. The quantitative estimate of drug-likeness (QED) is 0.126. The lowest BCUT2D eigenvalue weighted by Gasteiger charge is -2.33. The van der Waals surface area contributed by atoms with E-state index in [-0.39, 0.29) is 31.9 Å². The van der Waals surface area contributed by atoms with Crippen LogP contribution in [0.4, 0.5) is 4.79 Å². The number of nitrogens with two attached hydrogens (primary N) is 1. The van der Waals surface area contributed by atoms with Gasteiger partial charge in [-0.1, -0.05) is 0 Å². The largest absolute Gasteiger partial charge is 0.480 e. The lowest BCUT2D eigenvalue weighted by molar-refractivity contribution is -0.142. The fraction of sp³-hybridized carbons (Fsp3) is 0.611. The highest BCUT2D eigenvalue weighted by molar-refractivity contribution is 7.60. The minimum atomic E-state index is -3.18. The van der Waals surface area contributed by atoms with Crippen molar-refractivity contribution in [2.75, 3.05) is 6.54 Å². The molecule has 32 heavy (non-hydrogen) atoms. The van der Waals surface area contributed by atoms with Gasteiger partial charge < -0.3 is 31.2 Å². The number of aromatic nitrogens is 2. The number of amides is 1. The molecule has 0 bridgehead atoms. The molecule has 178 valence electrons. The van der Waals surface area contributed by atoms with Crippen molar-refractivity contribution in [3.63, 3.8) is 0 Å². The number of hydrogen-bond donors (Lipinski definition) is 6. The van der Waals surface area contributed by atoms with Gasteiger partial charge in [-0.3, -0.25) is 14.8 Å². The van der Waals surface area contributed by atoms with E-state index in [0.717, 1.165) is 0 Å². The zero-order valence-electron chi connectivity index (χ0n) is 18.2. The molecule has 0 fully saturated rings. The van der Waals surface area contributed by atoms with Crippen molar-refractivity contribution in [1.82, 2.24) is 25.3 Å². The number of hydrogen-bond acceptors (Lipinski definition) is 7. The summed E-state index contributed by atoms with van der Waals surface area (Å²) in [5.74, 6) is -2.14. The van der Waals surface area contributed by atoms with E-state index >= 15 is 0 Å². The zero-order chi connectivity index (χ0) is 24.1. The number of carbonyl (C=O) groups excluding carboxylic acids is 2. The molecule has 0 spiro atoms. The van der Waals surface area contributed by atoms with Gasteiger partial charge >= 0.3 is 11.7 Å². The zero-order valence-corrected chi connectivity index (χ0v) is 19.2. The summed E-state index contributed by atoms with van der Waals surface area (Å²) in [4.78, 5) is 44.1. The molecular formula is C18H30N7O6P. The second kappa shape index (κ2) is 10.6. The summed E-state index contributed by atoms with van der Waals surface area (Å²) in [6.45, 7) is 5.21. The highest BCUT2D eigenvalue weighted by Crippen LogP contribution is 2.38. The average Bonchev–Trinajstić information content (AvgIpc) is 3.14. The highest BCUT2D eigenvalue weighted by atomic mass is 31.1. The molecule has 14 heteroatoms. The van der Waals surface area contributed by atoms with Crippen molar-refractivity contribution in [2.24, 2.45) is 5.73 Å². The Labute approximate surface area is 185 Å². The summed E-state index contributed by atoms with van der Waals surface area (Å²) >= 11 is 0. The lowest BCUT2D eigenvalue weighted by atomic mass is 10.0. The van der Waals surface area contributed by atoms with Gasteiger partial charge in [-0.15, -0.1) is 0 Å². The molecule has 0 saturated carbocycles. The van der Waals surface area contributed by atoms with Crippen LogP contribution >= 0.6 is 7.95 Å². The number of H-pyrrole nitrogens is 1. The van der Waals surface area contributed by atoms with Gasteiger partial charge in [0.25, 0.3) is 0 Å².